The fourth-order valence-electron chi connectivity index (χ4n) is 2.25. The molecule has 24 heavy (non-hydrogen) atoms. The zero-order valence-electron chi connectivity index (χ0n) is 14.2. The summed E-state index contributed by atoms with van der Waals surface area (Å²) in [6, 6.07) is 7.70. The van der Waals surface area contributed by atoms with Crippen molar-refractivity contribution in [3.8, 4) is 0 Å². The number of carbonyl (C=O) groups excluding carboxylic acids is 2. The summed E-state index contributed by atoms with van der Waals surface area (Å²) in [6.07, 6.45) is 1.63. The highest BCUT2D eigenvalue weighted by atomic mass is 32.2. The lowest BCUT2D eigenvalue weighted by atomic mass is 10.1. The third-order valence-electron chi connectivity index (χ3n) is 3.82. The molecule has 2 N–H and O–H groups in total. The van der Waals surface area contributed by atoms with Gasteiger partial charge in [0.2, 0.25) is 5.91 Å². The van der Waals surface area contributed by atoms with Gasteiger partial charge in [-0.3, -0.25) is 9.59 Å². The van der Waals surface area contributed by atoms with Crippen LogP contribution in [0.2, 0.25) is 0 Å². The van der Waals surface area contributed by atoms with Crippen LogP contribution >= 0.6 is 11.8 Å². The summed E-state index contributed by atoms with van der Waals surface area (Å²) in [6.45, 7) is 3.94. The number of hydrogen-bond donors (Lipinski definition) is 1. The van der Waals surface area contributed by atoms with Crippen molar-refractivity contribution < 1.29 is 9.59 Å². The number of nitrogens with two attached hydrogens (primary N) is 1. The topological polar surface area (TPSA) is 90.9 Å². The van der Waals surface area contributed by atoms with Crippen molar-refractivity contribution in [3.05, 3.63) is 41.2 Å². The first kappa shape index (κ1) is 18.2. The first-order valence-electron chi connectivity index (χ1n) is 7.88. The van der Waals surface area contributed by atoms with Crippen molar-refractivity contribution >= 4 is 23.5 Å². The van der Waals surface area contributed by atoms with E-state index in [1.807, 2.05) is 38.2 Å². The van der Waals surface area contributed by atoms with Crippen molar-refractivity contribution in [2.75, 3.05) is 0 Å². The normalized spacial score (nSPS) is 12.1. The lowest BCUT2D eigenvalue weighted by Crippen LogP contribution is -2.15. The van der Waals surface area contributed by atoms with Crippen LogP contribution in [0, 0.1) is 0 Å². The summed E-state index contributed by atoms with van der Waals surface area (Å²) in [5.74, 6) is 0.374. The Labute approximate surface area is 145 Å². The number of carbonyl (C=O) groups is 2. The van der Waals surface area contributed by atoms with Gasteiger partial charge < -0.3 is 10.3 Å². The molecule has 0 aliphatic rings. The van der Waals surface area contributed by atoms with E-state index in [-0.39, 0.29) is 23.4 Å². The zero-order chi connectivity index (χ0) is 17.7. The van der Waals surface area contributed by atoms with E-state index < -0.39 is 0 Å². The summed E-state index contributed by atoms with van der Waals surface area (Å²) < 4.78 is 1.80. The number of primary amides is 1. The van der Waals surface area contributed by atoms with E-state index >= 15 is 0 Å². The minimum absolute atomic E-state index is 0.0596. The number of benzene rings is 1. The van der Waals surface area contributed by atoms with Gasteiger partial charge in [-0.05, 0) is 18.9 Å². The molecule has 0 bridgehead atoms. The summed E-state index contributed by atoms with van der Waals surface area (Å²) >= 11 is 1.36. The predicted octanol–water partition coefficient (Wildman–Crippen LogP) is 2.16. The number of thioether (sulfide) groups is 1. The molecule has 7 heteroatoms. The molecule has 0 unspecified atom stereocenters. The average Bonchev–Trinajstić information content (AvgIpc) is 2.92. The van der Waals surface area contributed by atoms with Crippen LogP contribution in [0.1, 0.15) is 42.0 Å². The van der Waals surface area contributed by atoms with E-state index in [1.54, 1.807) is 4.57 Å². The molecule has 1 amide bonds. The first-order chi connectivity index (χ1) is 11.4. The lowest BCUT2D eigenvalue weighted by Gasteiger charge is -2.10. The van der Waals surface area contributed by atoms with Gasteiger partial charge in [0.05, 0.1) is 5.25 Å². The van der Waals surface area contributed by atoms with E-state index in [4.69, 9.17) is 5.73 Å². The van der Waals surface area contributed by atoms with Gasteiger partial charge in [-0.1, -0.05) is 43.0 Å². The summed E-state index contributed by atoms with van der Waals surface area (Å²) in [5, 5.41) is 8.56. The molecule has 0 aliphatic heterocycles. The quantitative estimate of drug-likeness (QED) is 0.584. The molecule has 0 saturated carbocycles. The van der Waals surface area contributed by atoms with Gasteiger partial charge >= 0.3 is 0 Å². The number of rotatable bonds is 8. The molecule has 128 valence electrons. The van der Waals surface area contributed by atoms with Crippen LogP contribution < -0.4 is 5.73 Å². The fraction of sp³-hybridized carbons (Fsp3) is 0.412. The Bertz CT molecular complexity index is 725. The number of Topliss-reactive ketones (excluding diaryl/α,β-unsaturated/α-hetero) is 1. The van der Waals surface area contributed by atoms with E-state index in [2.05, 4.69) is 17.1 Å². The molecular weight excluding hydrogens is 324 g/mol. The minimum atomic E-state index is -0.369. The molecule has 1 atom stereocenters. The monoisotopic (exact) mass is 346 g/mol. The van der Waals surface area contributed by atoms with Crippen molar-refractivity contribution in [2.45, 2.75) is 43.5 Å². The number of ketones is 1. The Hall–Kier alpha value is -2.15. The van der Waals surface area contributed by atoms with E-state index in [9.17, 15) is 9.59 Å². The van der Waals surface area contributed by atoms with Crippen LogP contribution in [0.5, 0.6) is 0 Å². The second-order valence-electron chi connectivity index (χ2n) is 5.60. The van der Waals surface area contributed by atoms with Crippen LogP contribution in [-0.2, 0) is 24.7 Å². The number of nitrogens with zero attached hydrogens (tertiary/aromatic N) is 3. The highest BCUT2D eigenvalue weighted by Crippen LogP contribution is 2.24. The van der Waals surface area contributed by atoms with E-state index in [0.717, 1.165) is 6.42 Å². The molecule has 0 radical (unpaired) electrons. The standard InChI is InChI=1S/C17H22N4O2S/c1-4-12-5-7-13(8-6-12)16(23)11(2)24-17-20-19-15(21(17)3)10-9-14(18)22/h5-8,11H,4,9-10H2,1-3H3,(H2,18,22)/t11-/m1/s1. The van der Waals surface area contributed by atoms with Crippen molar-refractivity contribution in [2.24, 2.45) is 12.8 Å². The second kappa shape index (κ2) is 8.10. The van der Waals surface area contributed by atoms with Gasteiger partial charge in [0, 0.05) is 25.5 Å². The molecule has 1 heterocycles. The number of hydrogen-bond acceptors (Lipinski definition) is 5. The summed E-state index contributed by atoms with van der Waals surface area (Å²) in [4.78, 5) is 23.4. The zero-order valence-corrected chi connectivity index (χ0v) is 15.0. The average molecular weight is 346 g/mol. The number of amides is 1. The largest absolute Gasteiger partial charge is 0.370 e. The Morgan fingerprint density at radius 3 is 2.50 bits per heavy atom. The maximum absolute atomic E-state index is 12.5. The molecule has 1 aromatic carbocycles. The Balaban J connectivity index is 2.04. The third kappa shape index (κ3) is 4.44. The summed E-state index contributed by atoms with van der Waals surface area (Å²) in [5.41, 5.74) is 7.06. The van der Waals surface area contributed by atoms with E-state index in [1.165, 1.54) is 17.3 Å². The van der Waals surface area contributed by atoms with Gasteiger partial charge in [-0.25, -0.2) is 0 Å². The van der Waals surface area contributed by atoms with Crippen LogP contribution in [0.25, 0.3) is 0 Å². The van der Waals surface area contributed by atoms with Gasteiger partial charge in [-0.15, -0.1) is 10.2 Å². The Kier molecular flexibility index (Phi) is 6.14. The van der Waals surface area contributed by atoms with Gasteiger partial charge in [0.15, 0.2) is 10.9 Å². The SMILES string of the molecule is CCc1ccc(C(=O)[C@@H](C)Sc2nnc(CCC(N)=O)n2C)cc1. The molecule has 1 aromatic heterocycles. The predicted molar refractivity (Wildman–Crippen MR) is 94.0 cm³/mol. The molecule has 6 nitrogen and oxygen atoms in total. The fourth-order valence-corrected chi connectivity index (χ4v) is 3.16. The van der Waals surface area contributed by atoms with Crippen LogP contribution in [-0.4, -0.2) is 31.7 Å². The molecule has 2 rings (SSSR count). The Morgan fingerprint density at radius 1 is 1.25 bits per heavy atom. The van der Waals surface area contributed by atoms with Crippen molar-refractivity contribution in [1.29, 1.82) is 0 Å². The first-order valence-corrected chi connectivity index (χ1v) is 8.76. The maximum atomic E-state index is 12.5. The lowest BCUT2D eigenvalue weighted by molar-refractivity contribution is -0.118. The van der Waals surface area contributed by atoms with Crippen LogP contribution in [0.4, 0.5) is 0 Å². The van der Waals surface area contributed by atoms with E-state index in [0.29, 0.717) is 23.0 Å². The highest BCUT2D eigenvalue weighted by molar-refractivity contribution is 8.00. The molecule has 2 aromatic rings. The molecule has 0 saturated heterocycles. The van der Waals surface area contributed by atoms with Gasteiger partial charge in [0.25, 0.3) is 0 Å². The smallest absolute Gasteiger partial charge is 0.217 e. The molecule has 0 spiro atoms. The summed E-state index contributed by atoms with van der Waals surface area (Å²) in [7, 11) is 1.83. The van der Waals surface area contributed by atoms with Gasteiger partial charge in [0.1, 0.15) is 5.82 Å². The number of aryl methyl sites for hydroxylation is 2. The highest BCUT2D eigenvalue weighted by Gasteiger charge is 2.20. The Morgan fingerprint density at radius 2 is 1.92 bits per heavy atom. The third-order valence-corrected chi connectivity index (χ3v) is 4.95. The second-order valence-corrected chi connectivity index (χ2v) is 6.91. The van der Waals surface area contributed by atoms with Crippen LogP contribution in [0.15, 0.2) is 29.4 Å². The molecule has 0 aliphatic carbocycles. The van der Waals surface area contributed by atoms with Gasteiger partial charge in [-0.2, -0.15) is 0 Å². The number of aromatic nitrogens is 3. The van der Waals surface area contributed by atoms with Crippen molar-refractivity contribution in [1.82, 2.24) is 14.8 Å². The maximum Gasteiger partial charge on any atom is 0.217 e. The molecular formula is C17H22N4O2S. The molecule has 0 fully saturated rings. The van der Waals surface area contributed by atoms with Crippen molar-refractivity contribution in [3.63, 3.8) is 0 Å². The van der Waals surface area contributed by atoms with Crippen LogP contribution in [0.3, 0.4) is 0 Å². The minimum Gasteiger partial charge on any atom is -0.370 e.